The maximum atomic E-state index is 11.2. The van der Waals surface area contributed by atoms with Crippen LogP contribution in [0.2, 0.25) is 0 Å². The SMILES string of the molecule is CC(C)CCC[C@@H](C)[C@H]1CC[C@H]2[C@@H]3C=CC4=CC(=C=O)CC[C@]4(C)[C@H]3CC[C@]12C. The van der Waals surface area contributed by atoms with Crippen molar-refractivity contribution in [3.8, 4) is 0 Å². The van der Waals surface area contributed by atoms with E-state index in [-0.39, 0.29) is 5.41 Å². The molecule has 1 heteroatoms. The normalized spacial score (nSPS) is 42.0. The lowest BCUT2D eigenvalue weighted by atomic mass is 9.48. The zero-order chi connectivity index (χ0) is 20.8. The van der Waals surface area contributed by atoms with Crippen LogP contribution in [0.3, 0.4) is 0 Å². The number of allylic oxidation sites excluding steroid dienone is 5. The summed E-state index contributed by atoms with van der Waals surface area (Å²) in [4.78, 5) is 11.2. The molecule has 4 aliphatic carbocycles. The summed E-state index contributed by atoms with van der Waals surface area (Å²) < 4.78 is 0. The van der Waals surface area contributed by atoms with Crippen LogP contribution in [0.15, 0.2) is 29.4 Å². The summed E-state index contributed by atoms with van der Waals surface area (Å²) in [6.07, 6.45) is 19.0. The van der Waals surface area contributed by atoms with Crippen LogP contribution in [-0.2, 0) is 4.79 Å². The van der Waals surface area contributed by atoms with Gasteiger partial charge in [0.15, 0.2) is 0 Å². The lowest BCUT2D eigenvalue weighted by Crippen LogP contribution is -2.49. The first-order valence-electron chi connectivity index (χ1n) is 12.4. The fourth-order valence-corrected chi connectivity index (χ4v) is 8.13. The van der Waals surface area contributed by atoms with Crippen LogP contribution in [0.5, 0.6) is 0 Å². The van der Waals surface area contributed by atoms with Crippen molar-refractivity contribution >= 4 is 5.94 Å². The molecule has 0 amide bonds. The molecule has 4 aliphatic rings. The van der Waals surface area contributed by atoms with Gasteiger partial charge in [-0.15, -0.1) is 0 Å². The van der Waals surface area contributed by atoms with E-state index in [1.54, 1.807) is 0 Å². The van der Waals surface area contributed by atoms with Crippen LogP contribution in [0.4, 0.5) is 0 Å². The van der Waals surface area contributed by atoms with Gasteiger partial charge in [-0.1, -0.05) is 66.0 Å². The van der Waals surface area contributed by atoms with Crippen molar-refractivity contribution in [3.63, 3.8) is 0 Å². The van der Waals surface area contributed by atoms with Crippen molar-refractivity contribution in [2.75, 3.05) is 0 Å². The van der Waals surface area contributed by atoms with E-state index in [1.165, 1.54) is 50.5 Å². The zero-order valence-corrected chi connectivity index (χ0v) is 19.5. The maximum absolute atomic E-state index is 11.2. The average Bonchev–Trinajstić information content (AvgIpc) is 3.04. The monoisotopic (exact) mass is 394 g/mol. The molecule has 2 saturated carbocycles. The summed E-state index contributed by atoms with van der Waals surface area (Å²) in [7, 11) is 0. The second-order valence-electron chi connectivity index (χ2n) is 11.8. The lowest BCUT2D eigenvalue weighted by molar-refractivity contribution is -0.0254. The molecule has 160 valence electrons. The van der Waals surface area contributed by atoms with Gasteiger partial charge in [0.25, 0.3) is 0 Å². The van der Waals surface area contributed by atoms with Gasteiger partial charge in [0.2, 0.25) is 0 Å². The van der Waals surface area contributed by atoms with Gasteiger partial charge in [0.05, 0.1) is 0 Å². The van der Waals surface area contributed by atoms with E-state index in [2.05, 4.69) is 58.8 Å². The quantitative estimate of drug-likeness (QED) is 0.440. The standard InChI is InChI=1S/C28H42O/c1-19(2)7-6-8-20(3)24-11-12-25-23-10-9-22-17-21(18-29)13-15-27(22,4)26(23)14-16-28(24,25)5/h9-10,17,19-20,23-26H,6-8,11-16H2,1-5H3/t20-,23+,24-,25+,26+,27+,28-/m1/s1. The molecule has 0 spiro atoms. The highest BCUT2D eigenvalue weighted by molar-refractivity contribution is 5.60. The van der Waals surface area contributed by atoms with E-state index in [0.29, 0.717) is 5.41 Å². The van der Waals surface area contributed by atoms with Gasteiger partial charge in [0.1, 0.15) is 5.94 Å². The summed E-state index contributed by atoms with van der Waals surface area (Å²) >= 11 is 0. The summed E-state index contributed by atoms with van der Waals surface area (Å²) in [5.74, 6) is 7.15. The second kappa shape index (κ2) is 7.88. The number of carbonyl (C=O) groups excluding carboxylic acids is 1. The highest BCUT2D eigenvalue weighted by Crippen LogP contribution is 2.66. The molecule has 0 aromatic carbocycles. The molecule has 0 bridgehead atoms. The van der Waals surface area contributed by atoms with Gasteiger partial charge in [0, 0.05) is 5.57 Å². The number of hydrogen-bond acceptors (Lipinski definition) is 1. The van der Waals surface area contributed by atoms with Crippen molar-refractivity contribution in [1.29, 1.82) is 0 Å². The average molecular weight is 395 g/mol. The molecule has 2 fully saturated rings. The Hall–Kier alpha value is -1.07. The van der Waals surface area contributed by atoms with Crippen LogP contribution >= 0.6 is 0 Å². The van der Waals surface area contributed by atoms with E-state index in [1.807, 2.05) is 0 Å². The largest absolute Gasteiger partial charge is 0.233 e. The summed E-state index contributed by atoms with van der Waals surface area (Å²) in [6, 6.07) is 0. The molecule has 0 aromatic rings. The fourth-order valence-electron chi connectivity index (χ4n) is 8.13. The molecule has 0 heterocycles. The third kappa shape index (κ3) is 3.52. The Balaban J connectivity index is 1.54. The highest BCUT2D eigenvalue weighted by atomic mass is 16.1. The predicted molar refractivity (Wildman–Crippen MR) is 122 cm³/mol. The molecule has 1 nitrogen and oxygen atoms in total. The van der Waals surface area contributed by atoms with Gasteiger partial charge in [-0.05, 0) is 96.5 Å². The van der Waals surface area contributed by atoms with Crippen molar-refractivity contribution in [3.05, 3.63) is 29.4 Å². The Morgan fingerprint density at radius 1 is 1.07 bits per heavy atom. The van der Waals surface area contributed by atoms with E-state index < -0.39 is 0 Å². The Morgan fingerprint density at radius 3 is 2.59 bits per heavy atom. The van der Waals surface area contributed by atoms with E-state index in [4.69, 9.17) is 0 Å². The van der Waals surface area contributed by atoms with Crippen molar-refractivity contribution in [1.82, 2.24) is 0 Å². The van der Waals surface area contributed by atoms with Crippen molar-refractivity contribution in [2.45, 2.75) is 92.4 Å². The Labute approximate surface area is 179 Å². The Kier molecular flexibility index (Phi) is 5.75. The smallest absolute Gasteiger partial charge is 0.127 e. The van der Waals surface area contributed by atoms with Crippen LogP contribution in [-0.4, -0.2) is 5.94 Å². The minimum atomic E-state index is 0.266. The molecule has 0 aromatic heterocycles. The van der Waals surface area contributed by atoms with Crippen LogP contribution in [0.25, 0.3) is 0 Å². The van der Waals surface area contributed by atoms with Gasteiger partial charge >= 0.3 is 0 Å². The third-order valence-corrected chi connectivity index (χ3v) is 9.88. The zero-order valence-electron chi connectivity index (χ0n) is 19.5. The Bertz CT molecular complexity index is 735. The Morgan fingerprint density at radius 2 is 1.86 bits per heavy atom. The van der Waals surface area contributed by atoms with Crippen molar-refractivity contribution < 1.29 is 4.79 Å². The van der Waals surface area contributed by atoms with Crippen LogP contribution in [0, 0.1) is 46.3 Å². The second-order valence-corrected chi connectivity index (χ2v) is 11.8. The predicted octanol–water partition coefficient (Wildman–Crippen LogP) is 7.56. The number of rotatable bonds is 5. The molecule has 4 rings (SSSR count). The summed E-state index contributed by atoms with van der Waals surface area (Å²) in [6.45, 7) is 12.4. The molecule has 29 heavy (non-hydrogen) atoms. The number of hydrogen-bond donors (Lipinski definition) is 0. The van der Waals surface area contributed by atoms with E-state index in [9.17, 15) is 4.79 Å². The van der Waals surface area contributed by atoms with Gasteiger partial charge < -0.3 is 0 Å². The number of fused-ring (bicyclic) bond motifs is 5. The first-order chi connectivity index (χ1) is 13.8. The molecule has 0 aliphatic heterocycles. The molecule has 0 radical (unpaired) electrons. The molecule has 7 atom stereocenters. The van der Waals surface area contributed by atoms with Crippen molar-refractivity contribution in [2.24, 2.45) is 46.3 Å². The minimum Gasteiger partial charge on any atom is -0.233 e. The molecular formula is C28H42O. The lowest BCUT2D eigenvalue weighted by Gasteiger charge is -2.56. The van der Waals surface area contributed by atoms with Crippen LogP contribution < -0.4 is 0 Å². The first kappa shape index (κ1) is 21.2. The molecule has 0 saturated heterocycles. The summed E-state index contributed by atoms with van der Waals surface area (Å²) in [5, 5.41) is 0. The topological polar surface area (TPSA) is 17.1 Å². The van der Waals surface area contributed by atoms with Gasteiger partial charge in [-0.2, -0.15) is 0 Å². The van der Waals surface area contributed by atoms with Gasteiger partial charge in [-0.25, -0.2) is 4.79 Å². The first-order valence-corrected chi connectivity index (χ1v) is 12.4. The highest BCUT2D eigenvalue weighted by Gasteiger charge is 2.58. The molecular weight excluding hydrogens is 352 g/mol. The summed E-state index contributed by atoms with van der Waals surface area (Å²) in [5.41, 5.74) is 3.08. The fraction of sp³-hybridized carbons (Fsp3) is 0.786. The van der Waals surface area contributed by atoms with E-state index in [0.717, 1.165) is 53.9 Å². The van der Waals surface area contributed by atoms with Gasteiger partial charge in [-0.3, -0.25) is 0 Å². The minimum absolute atomic E-state index is 0.266. The van der Waals surface area contributed by atoms with Crippen LogP contribution in [0.1, 0.15) is 92.4 Å². The molecule has 0 unspecified atom stereocenters. The van der Waals surface area contributed by atoms with E-state index >= 15 is 0 Å². The third-order valence-electron chi connectivity index (χ3n) is 9.88. The maximum Gasteiger partial charge on any atom is 0.127 e. The molecule has 0 N–H and O–H groups in total.